The van der Waals surface area contributed by atoms with Crippen LogP contribution >= 0.6 is 0 Å². The lowest BCUT2D eigenvalue weighted by atomic mass is 9.82. The molecule has 2 amide bonds. The number of anilines is 5. The van der Waals surface area contributed by atoms with Crippen molar-refractivity contribution in [3.05, 3.63) is 90.4 Å². The largest absolute Gasteiger partial charge is 0.494 e. The molecule has 0 unspecified atom stereocenters. The summed E-state index contributed by atoms with van der Waals surface area (Å²) in [6.07, 6.45) is 4.72. The highest BCUT2D eigenvalue weighted by Crippen LogP contribution is 2.41. The first-order valence-corrected chi connectivity index (χ1v) is 17.6. The van der Waals surface area contributed by atoms with Gasteiger partial charge in [-0.2, -0.15) is 0 Å². The van der Waals surface area contributed by atoms with Gasteiger partial charge in [0, 0.05) is 29.1 Å². The molecule has 0 atom stereocenters. The molecular formula is C36H38N6O8S. The Morgan fingerprint density at radius 3 is 2.24 bits per heavy atom. The quantitative estimate of drug-likeness (QED) is 0.0808. The fourth-order valence-electron chi connectivity index (χ4n) is 5.20. The van der Waals surface area contributed by atoms with Gasteiger partial charge >= 0.3 is 12.0 Å². The van der Waals surface area contributed by atoms with Crippen molar-refractivity contribution >= 4 is 61.4 Å². The predicted molar refractivity (Wildman–Crippen MR) is 197 cm³/mol. The van der Waals surface area contributed by atoms with Crippen molar-refractivity contribution in [2.24, 2.45) is 0 Å². The molecule has 0 fully saturated rings. The van der Waals surface area contributed by atoms with Gasteiger partial charge in [0.2, 0.25) is 10.0 Å². The SMILES string of the molecule is CCC(C)(C)c1cc(NC(=O)Nc2ccc(Oc3ccnc(Nc4cnc(C(=O)O)c(OC)c4)c3)c3ccccc23)c(OC)c(NS(C)(=O)=O)c1. The predicted octanol–water partition coefficient (Wildman–Crippen LogP) is 7.58. The summed E-state index contributed by atoms with van der Waals surface area (Å²) in [7, 11) is -0.890. The molecule has 3 aromatic carbocycles. The van der Waals surface area contributed by atoms with E-state index < -0.39 is 22.0 Å². The average Bonchev–Trinajstić information content (AvgIpc) is 3.08. The number of sulfonamides is 1. The van der Waals surface area contributed by atoms with Crippen LogP contribution in [0.15, 0.2) is 79.1 Å². The molecule has 51 heavy (non-hydrogen) atoms. The standard InChI is InChI=1S/C36H38N6O8S/c1-7-36(2,3)21-16-27(33(49-5)28(17-21)42-51(6,46)47)41-35(45)40-26-12-13-29(25-11-9-8-10-24(25)26)50-23-14-15-37-31(19-23)39-22-18-30(48-4)32(34(43)44)38-20-22/h8-20,42H,7H2,1-6H3,(H,37,39)(H,43,44)(H2,40,41,45). The monoisotopic (exact) mass is 714 g/mol. The summed E-state index contributed by atoms with van der Waals surface area (Å²) < 4.78 is 43.8. The van der Waals surface area contributed by atoms with E-state index in [1.807, 2.05) is 45.0 Å². The second kappa shape index (κ2) is 14.8. The summed E-state index contributed by atoms with van der Waals surface area (Å²) in [5.74, 6) is 0.430. The van der Waals surface area contributed by atoms with Crippen LogP contribution in [0.25, 0.3) is 10.8 Å². The van der Waals surface area contributed by atoms with Gasteiger partial charge in [0.05, 0.1) is 49.4 Å². The molecule has 2 aromatic heterocycles. The molecule has 0 aliphatic heterocycles. The van der Waals surface area contributed by atoms with Gasteiger partial charge in [0.25, 0.3) is 0 Å². The third kappa shape index (κ3) is 8.56. The van der Waals surface area contributed by atoms with Gasteiger partial charge < -0.3 is 35.3 Å². The van der Waals surface area contributed by atoms with Gasteiger partial charge in [-0.25, -0.2) is 28.0 Å². The Hall–Kier alpha value is -6.09. The van der Waals surface area contributed by atoms with Gasteiger partial charge in [0.1, 0.15) is 17.3 Å². The van der Waals surface area contributed by atoms with Gasteiger partial charge in [0.15, 0.2) is 17.2 Å². The van der Waals surface area contributed by atoms with Gasteiger partial charge in [-0.3, -0.25) is 4.72 Å². The van der Waals surface area contributed by atoms with Crippen LogP contribution in [0.3, 0.4) is 0 Å². The Labute approximate surface area is 295 Å². The van der Waals surface area contributed by atoms with Gasteiger partial charge in [-0.15, -0.1) is 0 Å². The van der Waals surface area contributed by atoms with Crippen LogP contribution in [0.4, 0.5) is 33.4 Å². The molecule has 5 N–H and O–H groups in total. The van der Waals surface area contributed by atoms with Crippen molar-refractivity contribution in [3.63, 3.8) is 0 Å². The fourth-order valence-corrected chi connectivity index (χ4v) is 5.76. The Kier molecular flexibility index (Phi) is 10.5. The number of hydrogen-bond acceptors (Lipinski definition) is 10. The molecule has 0 bridgehead atoms. The third-order valence-corrected chi connectivity index (χ3v) is 8.73. The number of rotatable bonds is 13. The first kappa shape index (κ1) is 36.2. The molecule has 0 spiro atoms. The molecule has 5 aromatic rings. The van der Waals surface area contributed by atoms with Crippen LogP contribution in [0, 0.1) is 0 Å². The molecule has 0 radical (unpaired) electrons. The Morgan fingerprint density at radius 1 is 0.863 bits per heavy atom. The molecule has 15 heteroatoms. The van der Waals surface area contributed by atoms with E-state index in [1.54, 1.807) is 42.6 Å². The van der Waals surface area contributed by atoms with E-state index in [0.717, 1.165) is 18.2 Å². The van der Waals surface area contributed by atoms with E-state index in [2.05, 4.69) is 30.6 Å². The summed E-state index contributed by atoms with van der Waals surface area (Å²) in [6.45, 7) is 6.08. The van der Waals surface area contributed by atoms with Crippen LogP contribution in [-0.4, -0.2) is 56.0 Å². The Bertz CT molecular complexity index is 2230. The number of pyridine rings is 2. The average molecular weight is 715 g/mol. The van der Waals surface area contributed by atoms with E-state index >= 15 is 0 Å². The lowest BCUT2D eigenvalue weighted by Gasteiger charge is -2.26. The fraction of sp³-hybridized carbons (Fsp3) is 0.222. The van der Waals surface area contributed by atoms with Crippen molar-refractivity contribution in [1.82, 2.24) is 9.97 Å². The topological polar surface area (TPSA) is 190 Å². The second-order valence-electron chi connectivity index (χ2n) is 12.1. The number of fused-ring (bicyclic) bond motifs is 1. The highest BCUT2D eigenvalue weighted by atomic mass is 32.2. The number of amides is 2. The minimum absolute atomic E-state index is 0.0931. The van der Waals surface area contributed by atoms with E-state index in [-0.39, 0.29) is 28.3 Å². The smallest absolute Gasteiger partial charge is 0.358 e. The number of methoxy groups -OCH3 is 2. The van der Waals surface area contributed by atoms with Crippen molar-refractivity contribution < 1.29 is 37.3 Å². The Morgan fingerprint density at radius 2 is 1.57 bits per heavy atom. The summed E-state index contributed by atoms with van der Waals surface area (Å²) in [4.78, 5) is 33.1. The van der Waals surface area contributed by atoms with Crippen LogP contribution < -0.4 is 34.9 Å². The Balaban J connectivity index is 1.39. The number of carboxylic acid groups (broad SMARTS) is 1. The molecular weight excluding hydrogens is 676 g/mol. The van der Waals surface area contributed by atoms with E-state index in [9.17, 15) is 23.1 Å². The molecule has 5 rings (SSSR count). The number of carbonyl (C=O) groups excluding carboxylic acids is 1. The second-order valence-corrected chi connectivity index (χ2v) is 13.9. The first-order valence-electron chi connectivity index (χ1n) is 15.7. The zero-order chi connectivity index (χ0) is 36.9. The van der Waals surface area contributed by atoms with Crippen LogP contribution in [0.1, 0.15) is 43.2 Å². The number of aromatic nitrogens is 2. The number of aromatic carboxylic acids is 1. The maximum absolute atomic E-state index is 13.5. The first-order chi connectivity index (χ1) is 24.2. The molecule has 0 saturated heterocycles. The maximum atomic E-state index is 13.5. The molecule has 0 aliphatic rings. The normalized spacial score (nSPS) is 11.4. The van der Waals surface area contributed by atoms with Crippen LogP contribution in [0.5, 0.6) is 23.0 Å². The van der Waals surface area contributed by atoms with Crippen molar-refractivity contribution in [2.75, 3.05) is 41.1 Å². The number of benzene rings is 3. The van der Waals surface area contributed by atoms with Crippen LogP contribution in [0.2, 0.25) is 0 Å². The van der Waals surface area contributed by atoms with Gasteiger partial charge in [-0.1, -0.05) is 45.0 Å². The third-order valence-electron chi connectivity index (χ3n) is 8.14. The summed E-state index contributed by atoms with van der Waals surface area (Å²) in [6, 6.07) is 18.6. The van der Waals surface area contributed by atoms with E-state index in [0.29, 0.717) is 45.2 Å². The van der Waals surface area contributed by atoms with Crippen molar-refractivity contribution in [3.8, 4) is 23.0 Å². The maximum Gasteiger partial charge on any atom is 0.358 e. The molecule has 2 heterocycles. The highest BCUT2D eigenvalue weighted by Gasteiger charge is 2.24. The lowest BCUT2D eigenvalue weighted by Crippen LogP contribution is -2.22. The number of carbonyl (C=O) groups is 2. The number of carboxylic acids is 1. The zero-order valence-electron chi connectivity index (χ0n) is 28.8. The molecule has 0 aliphatic carbocycles. The van der Waals surface area contributed by atoms with E-state index in [1.165, 1.54) is 26.5 Å². The number of nitrogens with zero attached hydrogens (tertiary/aromatic N) is 2. The van der Waals surface area contributed by atoms with Gasteiger partial charge in [-0.05, 0) is 47.7 Å². The summed E-state index contributed by atoms with van der Waals surface area (Å²) in [5.41, 5.74) is 1.72. The molecule has 266 valence electrons. The molecule has 14 nitrogen and oxygen atoms in total. The van der Waals surface area contributed by atoms with Crippen molar-refractivity contribution in [1.29, 1.82) is 0 Å². The molecule has 0 saturated carbocycles. The van der Waals surface area contributed by atoms with Crippen molar-refractivity contribution in [2.45, 2.75) is 32.6 Å². The number of nitrogens with one attached hydrogen (secondary N) is 4. The van der Waals surface area contributed by atoms with E-state index in [4.69, 9.17) is 14.2 Å². The summed E-state index contributed by atoms with van der Waals surface area (Å²) >= 11 is 0. The number of hydrogen-bond donors (Lipinski definition) is 5. The number of ether oxygens (including phenoxy) is 3. The lowest BCUT2D eigenvalue weighted by molar-refractivity contribution is 0.0686. The zero-order valence-corrected chi connectivity index (χ0v) is 29.6. The minimum Gasteiger partial charge on any atom is -0.494 e. The van der Waals surface area contributed by atoms with Crippen LogP contribution in [-0.2, 0) is 15.4 Å². The number of urea groups is 1. The minimum atomic E-state index is -3.65. The highest BCUT2D eigenvalue weighted by molar-refractivity contribution is 7.92. The summed E-state index contributed by atoms with van der Waals surface area (Å²) in [5, 5.41) is 19.5.